The summed E-state index contributed by atoms with van der Waals surface area (Å²) < 4.78 is 5.22. The number of hydrogen-bond acceptors (Lipinski definition) is 4. The fourth-order valence-corrected chi connectivity index (χ4v) is 2.96. The Balaban J connectivity index is 2.06. The number of carbonyl (C=O) groups excluding carboxylic acids is 3. The smallest absolute Gasteiger partial charge is 0.308 e. The summed E-state index contributed by atoms with van der Waals surface area (Å²) in [7, 11) is 0. The van der Waals surface area contributed by atoms with Gasteiger partial charge in [-0.25, -0.2) is 0 Å². The standard InChI is InChI=1S/C21H30N2O4/c1-14(2)9-12-27-19(24)13-18-20(25)22-10-11-23(18)21(26)17-7-5-16(6-8-17)15(3)4/h5-8,14-15,18H,9-13H2,1-4H3,(H,22,25). The van der Waals surface area contributed by atoms with Crippen molar-refractivity contribution in [2.45, 2.75) is 52.5 Å². The molecule has 1 saturated heterocycles. The van der Waals surface area contributed by atoms with Crippen molar-refractivity contribution in [1.29, 1.82) is 0 Å². The van der Waals surface area contributed by atoms with Crippen LogP contribution in [0.2, 0.25) is 0 Å². The second-order valence-corrected chi connectivity index (χ2v) is 7.69. The van der Waals surface area contributed by atoms with Gasteiger partial charge in [-0.1, -0.05) is 39.8 Å². The average Bonchev–Trinajstić information content (AvgIpc) is 2.62. The predicted octanol–water partition coefficient (Wildman–Crippen LogP) is 2.73. The van der Waals surface area contributed by atoms with E-state index in [0.717, 1.165) is 12.0 Å². The fourth-order valence-electron chi connectivity index (χ4n) is 2.96. The molecule has 0 spiro atoms. The summed E-state index contributed by atoms with van der Waals surface area (Å²) in [6.07, 6.45) is 0.646. The van der Waals surface area contributed by atoms with Crippen LogP contribution in [0.5, 0.6) is 0 Å². The van der Waals surface area contributed by atoms with Crippen LogP contribution in [0.15, 0.2) is 24.3 Å². The molecule has 148 valence electrons. The predicted molar refractivity (Wildman–Crippen MR) is 103 cm³/mol. The van der Waals surface area contributed by atoms with Crippen molar-refractivity contribution in [2.24, 2.45) is 5.92 Å². The molecule has 2 rings (SSSR count). The lowest BCUT2D eigenvalue weighted by atomic mass is 10.0. The van der Waals surface area contributed by atoms with E-state index in [1.165, 1.54) is 4.90 Å². The van der Waals surface area contributed by atoms with Crippen LogP contribution in [-0.2, 0) is 14.3 Å². The van der Waals surface area contributed by atoms with Gasteiger partial charge in [0.15, 0.2) is 0 Å². The maximum Gasteiger partial charge on any atom is 0.308 e. The van der Waals surface area contributed by atoms with Crippen molar-refractivity contribution in [3.05, 3.63) is 35.4 Å². The Morgan fingerprint density at radius 2 is 1.85 bits per heavy atom. The normalized spacial score (nSPS) is 17.2. The van der Waals surface area contributed by atoms with E-state index >= 15 is 0 Å². The van der Waals surface area contributed by atoms with Crippen LogP contribution < -0.4 is 5.32 Å². The molecule has 0 radical (unpaired) electrons. The molecular formula is C21H30N2O4. The van der Waals surface area contributed by atoms with Gasteiger partial charge in [-0.05, 0) is 36.0 Å². The van der Waals surface area contributed by atoms with Crippen LogP contribution >= 0.6 is 0 Å². The molecule has 1 aliphatic heterocycles. The van der Waals surface area contributed by atoms with Crippen molar-refractivity contribution in [1.82, 2.24) is 10.2 Å². The molecule has 1 N–H and O–H groups in total. The first kappa shape index (κ1) is 20.9. The third-order valence-corrected chi connectivity index (χ3v) is 4.73. The lowest BCUT2D eigenvalue weighted by Crippen LogP contribution is -2.57. The van der Waals surface area contributed by atoms with Gasteiger partial charge in [-0.3, -0.25) is 14.4 Å². The monoisotopic (exact) mass is 374 g/mol. The molecule has 1 unspecified atom stereocenters. The largest absolute Gasteiger partial charge is 0.466 e. The quantitative estimate of drug-likeness (QED) is 0.745. The van der Waals surface area contributed by atoms with Gasteiger partial charge in [0, 0.05) is 18.7 Å². The molecule has 0 bridgehead atoms. The Morgan fingerprint density at radius 3 is 2.44 bits per heavy atom. The van der Waals surface area contributed by atoms with Crippen molar-refractivity contribution >= 4 is 17.8 Å². The number of nitrogens with one attached hydrogen (secondary N) is 1. The SMILES string of the molecule is CC(C)CCOC(=O)CC1C(=O)NCCN1C(=O)c1ccc(C(C)C)cc1. The van der Waals surface area contributed by atoms with E-state index < -0.39 is 12.0 Å². The van der Waals surface area contributed by atoms with Crippen molar-refractivity contribution in [2.75, 3.05) is 19.7 Å². The molecular weight excluding hydrogens is 344 g/mol. The number of esters is 1. The molecule has 27 heavy (non-hydrogen) atoms. The van der Waals surface area contributed by atoms with Gasteiger partial charge in [0.25, 0.3) is 5.91 Å². The van der Waals surface area contributed by atoms with Crippen molar-refractivity contribution in [3.8, 4) is 0 Å². The Hall–Kier alpha value is -2.37. The number of nitrogens with zero attached hydrogens (tertiary/aromatic N) is 1. The number of rotatable bonds is 7. The van der Waals surface area contributed by atoms with Crippen LogP contribution in [0.4, 0.5) is 0 Å². The molecule has 1 atom stereocenters. The molecule has 1 heterocycles. The first-order chi connectivity index (χ1) is 12.8. The third-order valence-electron chi connectivity index (χ3n) is 4.73. The highest BCUT2D eigenvalue weighted by atomic mass is 16.5. The molecule has 1 aromatic rings. The average molecular weight is 374 g/mol. The minimum Gasteiger partial charge on any atom is -0.466 e. The van der Waals surface area contributed by atoms with Crippen LogP contribution in [0, 0.1) is 5.92 Å². The van der Waals surface area contributed by atoms with E-state index in [0.29, 0.717) is 37.1 Å². The molecule has 6 nitrogen and oxygen atoms in total. The molecule has 0 aliphatic carbocycles. The van der Waals surface area contributed by atoms with Gasteiger partial charge in [0.05, 0.1) is 13.0 Å². The first-order valence-corrected chi connectivity index (χ1v) is 9.63. The summed E-state index contributed by atoms with van der Waals surface area (Å²) in [4.78, 5) is 38.8. The van der Waals surface area contributed by atoms with E-state index in [1.54, 1.807) is 12.1 Å². The fraction of sp³-hybridized carbons (Fsp3) is 0.571. The van der Waals surface area contributed by atoms with Crippen LogP contribution in [0.1, 0.15) is 62.4 Å². The number of carbonyl (C=O) groups is 3. The summed E-state index contributed by atoms with van der Waals surface area (Å²) in [5.41, 5.74) is 1.67. The van der Waals surface area contributed by atoms with Gasteiger partial charge in [0.1, 0.15) is 6.04 Å². The van der Waals surface area contributed by atoms with E-state index in [9.17, 15) is 14.4 Å². The molecule has 1 fully saturated rings. The summed E-state index contributed by atoms with van der Waals surface area (Å²) in [5, 5.41) is 2.73. The molecule has 1 aliphatic rings. The zero-order chi connectivity index (χ0) is 20.0. The van der Waals surface area contributed by atoms with Crippen LogP contribution in [0.25, 0.3) is 0 Å². The molecule has 0 saturated carbocycles. The van der Waals surface area contributed by atoms with Crippen molar-refractivity contribution in [3.63, 3.8) is 0 Å². The van der Waals surface area contributed by atoms with E-state index in [2.05, 4.69) is 19.2 Å². The van der Waals surface area contributed by atoms with Crippen molar-refractivity contribution < 1.29 is 19.1 Å². The van der Waals surface area contributed by atoms with Gasteiger partial charge in [-0.15, -0.1) is 0 Å². The summed E-state index contributed by atoms with van der Waals surface area (Å²) in [5.74, 6) is -0.189. The minimum absolute atomic E-state index is 0.125. The van der Waals surface area contributed by atoms with Crippen LogP contribution in [0.3, 0.4) is 0 Å². The first-order valence-electron chi connectivity index (χ1n) is 9.63. The molecule has 6 heteroatoms. The topological polar surface area (TPSA) is 75.7 Å². The van der Waals surface area contributed by atoms with Gasteiger partial charge < -0.3 is 15.0 Å². The van der Waals surface area contributed by atoms with E-state index in [4.69, 9.17) is 4.74 Å². The van der Waals surface area contributed by atoms with Crippen LogP contribution in [-0.4, -0.2) is 48.4 Å². The highest BCUT2D eigenvalue weighted by Crippen LogP contribution is 2.18. The molecule has 1 aromatic carbocycles. The summed E-state index contributed by atoms with van der Waals surface area (Å²) in [6.45, 7) is 9.36. The second-order valence-electron chi connectivity index (χ2n) is 7.69. The number of piperazine rings is 1. The zero-order valence-electron chi connectivity index (χ0n) is 16.7. The maximum atomic E-state index is 12.9. The second kappa shape index (κ2) is 9.53. The Kier molecular flexibility index (Phi) is 7.39. The Labute approximate surface area is 161 Å². The third kappa shape index (κ3) is 5.81. The minimum atomic E-state index is -0.831. The lowest BCUT2D eigenvalue weighted by Gasteiger charge is -2.34. The maximum absolute atomic E-state index is 12.9. The summed E-state index contributed by atoms with van der Waals surface area (Å²) in [6, 6.07) is 6.58. The lowest BCUT2D eigenvalue weighted by molar-refractivity contribution is -0.148. The van der Waals surface area contributed by atoms with E-state index in [-0.39, 0.29) is 18.2 Å². The Morgan fingerprint density at radius 1 is 1.19 bits per heavy atom. The highest BCUT2D eigenvalue weighted by molar-refractivity contribution is 5.99. The number of amides is 2. The van der Waals surface area contributed by atoms with Gasteiger partial charge in [-0.2, -0.15) is 0 Å². The highest BCUT2D eigenvalue weighted by Gasteiger charge is 2.35. The van der Waals surface area contributed by atoms with Gasteiger partial charge >= 0.3 is 5.97 Å². The molecule has 0 aromatic heterocycles. The van der Waals surface area contributed by atoms with Gasteiger partial charge in [0.2, 0.25) is 5.91 Å². The number of ether oxygens (including phenoxy) is 1. The van der Waals surface area contributed by atoms with E-state index in [1.807, 2.05) is 26.0 Å². The summed E-state index contributed by atoms with van der Waals surface area (Å²) >= 11 is 0. The number of hydrogen-bond donors (Lipinski definition) is 1. The zero-order valence-corrected chi connectivity index (χ0v) is 16.7. The number of benzene rings is 1. The Bertz CT molecular complexity index is 667. The molecule has 2 amide bonds.